The number of methoxy groups -OCH3 is 1. The van der Waals surface area contributed by atoms with Gasteiger partial charge in [-0.15, -0.1) is 0 Å². The first kappa shape index (κ1) is 15.3. The number of anilines is 1. The van der Waals surface area contributed by atoms with Crippen molar-refractivity contribution in [3.8, 4) is 0 Å². The predicted octanol–water partition coefficient (Wildman–Crippen LogP) is 2.23. The first-order chi connectivity index (χ1) is 9.04. The molecule has 2 N–H and O–H groups in total. The summed E-state index contributed by atoms with van der Waals surface area (Å²) in [5.74, 6) is 0. The molecule has 0 aliphatic rings. The lowest BCUT2D eigenvalue weighted by atomic mass is 10.2. The lowest BCUT2D eigenvalue weighted by molar-refractivity contribution is -0.384. The minimum absolute atomic E-state index is 0.0713. The van der Waals surface area contributed by atoms with E-state index in [-0.39, 0.29) is 5.69 Å². The number of rotatable bonds is 6. The number of hydrogen-bond donors (Lipinski definition) is 2. The molecule has 1 aromatic rings. The van der Waals surface area contributed by atoms with Crippen LogP contribution in [0, 0.1) is 17.0 Å². The maximum atomic E-state index is 10.6. The first-order valence-corrected chi connectivity index (χ1v) is 6.24. The zero-order valence-corrected chi connectivity index (χ0v) is 11.8. The Morgan fingerprint density at radius 1 is 1.53 bits per heavy atom. The number of benzene rings is 1. The van der Waals surface area contributed by atoms with Gasteiger partial charge < -0.3 is 15.4 Å². The van der Waals surface area contributed by atoms with Crippen LogP contribution in [-0.2, 0) is 4.74 Å². The summed E-state index contributed by atoms with van der Waals surface area (Å²) in [5.41, 5.74) is 1.60. The average molecular weight is 283 g/mol. The molecule has 19 heavy (non-hydrogen) atoms. The lowest BCUT2D eigenvalue weighted by Gasteiger charge is -2.12. The Morgan fingerprint density at radius 2 is 2.26 bits per heavy atom. The molecule has 0 aliphatic carbocycles. The number of thiocarbonyl (C=S) groups is 1. The van der Waals surface area contributed by atoms with Gasteiger partial charge in [0.2, 0.25) is 0 Å². The van der Waals surface area contributed by atoms with E-state index in [4.69, 9.17) is 17.0 Å². The topological polar surface area (TPSA) is 76.4 Å². The van der Waals surface area contributed by atoms with Crippen LogP contribution >= 0.6 is 12.2 Å². The van der Waals surface area contributed by atoms with Gasteiger partial charge in [0.05, 0.1) is 4.92 Å². The fourth-order valence-electron chi connectivity index (χ4n) is 1.49. The van der Waals surface area contributed by atoms with Crippen molar-refractivity contribution in [1.82, 2.24) is 5.32 Å². The maximum absolute atomic E-state index is 10.6. The van der Waals surface area contributed by atoms with Gasteiger partial charge in [0.1, 0.15) is 0 Å². The van der Waals surface area contributed by atoms with Gasteiger partial charge in [-0.1, -0.05) is 0 Å². The van der Waals surface area contributed by atoms with Crippen LogP contribution in [0.4, 0.5) is 11.4 Å². The van der Waals surface area contributed by atoms with Crippen molar-refractivity contribution in [1.29, 1.82) is 0 Å². The Kier molecular flexibility index (Phi) is 6.17. The van der Waals surface area contributed by atoms with Gasteiger partial charge in [-0.2, -0.15) is 0 Å². The summed E-state index contributed by atoms with van der Waals surface area (Å²) >= 11 is 5.13. The molecule has 0 fully saturated rings. The summed E-state index contributed by atoms with van der Waals surface area (Å²) in [7, 11) is 1.65. The van der Waals surface area contributed by atoms with Gasteiger partial charge >= 0.3 is 0 Å². The van der Waals surface area contributed by atoms with E-state index in [2.05, 4.69) is 10.6 Å². The van der Waals surface area contributed by atoms with Crippen LogP contribution in [0.25, 0.3) is 0 Å². The third-order valence-corrected chi connectivity index (χ3v) is 2.73. The molecule has 1 rings (SSSR count). The molecule has 7 heteroatoms. The normalized spacial score (nSPS) is 10.0. The molecular weight excluding hydrogens is 266 g/mol. The average Bonchev–Trinajstić information content (AvgIpc) is 2.37. The lowest BCUT2D eigenvalue weighted by Crippen LogP contribution is -2.30. The summed E-state index contributed by atoms with van der Waals surface area (Å²) in [4.78, 5) is 10.2. The van der Waals surface area contributed by atoms with Gasteiger partial charge in [-0.05, 0) is 37.2 Å². The molecule has 1 aromatic carbocycles. The molecule has 0 spiro atoms. The van der Waals surface area contributed by atoms with Crippen LogP contribution in [0.2, 0.25) is 0 Å². The van der Waals surface area contributed by atoms with Crippen LogP contribution in [0.3, 0.4) is 0 Å². The molecule has 0 aliphatic heterocycles. The predicted molar refractivity (Wildman–Crippen MR) is 78.5 cm³/mol. The number of nitro groups is 1. The van der Waals surface area contributed by atoms with Crippen LogP contribution in [0.1, 0.15) is 12.0 Å². The minimum atomic E-state index is -0.419. The number of hydrogen-bond acceptors (Lipinski definition) is 4. The van der Waals surface area contributed by atoms with E-state index in [1.807, 2.05) is 0 Å². The largest absolute Gasteiger partial charge is 0.385 e. The van der Waals surface area contributed by atoms with Crippen molar-refractivity contribution in [2.24, 2.45) is 0 Å². The van der Waals surface area contributed by atoms with Crippen molar-refractivity contribution in [2.75, 3.05) is 25.6 Å². The first-order valence-electron chi connectivity index (χ1n) is 5.83. The highest BCUT2D eigenvalue weighted by Gasteiger charge is 2.08. The molecule has 0 amide bonds. The Morgan fingerprint density at radius 3 is 2.84 bits per heavy atom. The fraction of sp³-hybridized carbons (Fsp3) is 0.417. The summed E-state index contributed by atoms with van der Waals surface area (Å²) in [5, 5.41) is 17.2. The zero-order chi connectivity index (χ0) is 14.3. The van der Waals surface area contributed by atoms with E-state index in [0.29, 0.717) is 18.3 Å². The van der Waals surface area contributed by atoms with Crippen LogP contribution in [0.5, 0.6) is 0 Å². The minimum Gasteiger partial charge on any atom is -0.385 e. The number of ether oxygens (including phenoxy) is 1. The third-order valence-electron chi connectivity index (χ3n) is 2.48. The van der Waals surface area contributed by atoms with Gasteiger partial charge in [0, 0.05) is 38.1 Å². The highest BCUT2D eigenvalue weighted by molar-refractivity contribution is 7.80. The van der Waals surface area contributed by atoms with Crippen molar-refractivity contribution < 1.29 is 9.66 Å². The van der Waals surface area contributed by atoms with Gasteiger partial charge in [-0.25, -0.2) is 0 Å². The summed E-state index contributed by atoms with van der Waals surface area (Å²) < 4.78 is 4.93. The maximum Gasteiger partial charge on any atom is 0.269 e. The number of aryl methyl sites for hydroxylation is 1. The second kappa shape index (κ2) is 7.65. The second-order valence-electron chi connectivity index (χ2n) is 3.98. The molecule has 0 bridgehead atoms. The monoisotopic (exact) mass is 283 g/mol. The van der Waals surface area contributed by atoms with Gasteiger partial charge in [-0.3, -0.25) is 10.1 Å². The molecule has 6 nitrogen and oxygen atoms in total. The van der Waals surface area contributed by atoms with Crippen molar-refractivity contribution in [3.63, 3.8) is 0 Å². The van der Waals surface area contributed by atoms with Crippen molar-refractivity contribution in [3.05, 3.63) is 33.9 Å². The molecule has 0 radical (unpaired) electrons. The zero-order valence-electron chi connectivity index (χ0n) is 10.9. The van der Waals surface area contributed by atoms with Gasteiger partial charge in [0.25, 0.3) is 5.69 Å². The van der Waals surface area contributed by atoms with E-state index >= 15 is 0 Å². The van der Waals surface area contributed by atoms with Crippen LogP contribution in [-0.4, -0.2) is 30.3 Å². The van der Waals surface area contributed by atoms with Crippen molar-refractivity contribution >= 4 is 28.7 Å². The fourth-order valence-corrected chi connectivity index (χ4v) is 1.70. The SMILES string of the molecule is COCCCNC(=S)Nc1ccc([N+](=O)[O-])cc1C. The second-order valence-corrected chi connectivity index (χ2v) is 4.39. The summed E-state index contributed by atoms with van der Waals surface area (Å²) in [6, 6.07) is 4.61. The Balaban J connectivity index is 2.52. The van der Waals surface area contributed by atoms with Gasteiger partial charge in [0.15, 0.2) is 5.11 Å². The van der Waals surface area contributed by atoms with E-state index in [1.165, 1.54) is 12.1 Å². The highest BCUT2D eigenvalue weighted by atomic mass is 32.1. The number of non-ortho nitro benzene ring substituents is 1. The standard InChI is InChI=1S/C12H17N3O3S/c1-9-8-10(15(16)17)4-5-11(9)14-12(19)13-6-3-7-18-2/h4-5,8H,3,6-7H2,1-2H3,(H2,13,14,19). The summed E-state index contributed by atoms with van der Waals surface area (Å²) in [6.45, 7) is 3.18. The number of nitrogens with one attached hydrogen (secondary N) is 2. The number of nitro benzene ring substituents is 1. The van der Waals surface area contributed by atoms with Crippen LogP contribution in [0.15, 0.2) is 18.2 Å². The Hall–Kier alpha value is -1.73. The summed E-state index contributed by atoms with van der Waals surface area (Å²) in [6.07, 6.45) is 0.859. The smallest absolute Gasteiger partial charge is 0.269 e. The molecule has 0 aromatic heterocycles. The van der Waals surface area contributed by atoms with E-state index in [9.17, 15) is 10.1 Å². The molecule has 0 saturated heterocycles. The molecule has 0 saturated carbocycles. The van der Waals surface area contributed by atoms with E-state index in [1.54, 1.807) is 20.1 Å². The molecular formula is C12H17N3O3S. The van der Waals surface area contributed by atoms with Crippen molar-refractivity contribution in [2.45, 2.75) is 13.3 Å². The van der Waals surface area contributed by atoms with Crippen LogP contribution < -0.4 is 10.6 Å². The van der Waals surface area contributed by atoms with E-state index < -0.39 is 4.92 Å². The highest BCUT2D eigenvalue weighted by Crippen LogP contribution is 2.20. The Labute approximate surface area is 117 Å². The van der Waals surface area contributed by atoms with E-state index in [0.717, 1.165) is 17.7 Å². The third kappa shape index (κ3) is 5.19. The molecule has 0 atom stereocenters. The molecule has 0 unspecified atom stereocenters. The quantitative estimate of drug-likeness (QED) is 0.361. The molecule has 0 heterocycles. The Bertz CT molecular complexity index is 466. The number of nitrogens with zero attached hydrogens (tertiary/aromatic N) is 1. The molecule has 104 valence electrons.